The number of hydrogen-bond acceptors (Lipinski definition) is 6. The van der Waals surface area contributed by atoms with Gasteiger partial charge in [0.1, 0.15) is 5.75 Å². The minimum atomic E-state index is -3.82. The van der Waals surface area contributed by atoms with Gasteiger partial charge < -0.3 is 20.3 Å². The number of aryl methyl sites for hydroxylation is 1. The van der Waals surface area contributed by atoms with Gasteiger partial charge in [0.15, 0.2) is 6.61 Å². The van der Waals surface area contributed by atoms with Crippen LogP contribution in [0.4, 0.5) is 0 Å². The van der Waals surface area contributed by atoms with Crippen LogP contribution in [-0.4, -0.2) is 44.3 Å². The van der Waals surface area contributed by atoms with Crippen molar-refractivity contribution in [3.8, 4) is 5.75 Å². The summed E-state index contributed by atoms with van der Waals surface area (Å²) in [5, 5.41) is 22.9. The molecule has 3 aromatic carbocycles. The Morgan fingerprint density at radius 1 is 1.08 bits per heavy atom. The molecule has 7 nitrogen and oxygen atoms in total. The molecule has 10 heteroatoms. The standard InChI is InChI=1S/C26H28ClNO6S.ClH/c1-17-6-11-24(18(2)26(17)34-16-25(30)31)35(32,33)22-9-7-19(8-10-22)12-13-28-15-23(29)20-4-3-5-21(27)14-20;/h3-11,14,23,28-29H,12-13,15-16H2,1-2H3,(H,30,31);1H/t23-;/m1./s1. The summed E-state index contributed by atoms with van der Waals surface area (Å²) in [6.45, 7) is 3.76. The number of carboxylic acids is 1. The summed E-state index contributed by atoms with van der Waals surface area (Å²) in [5.41, 5.74) is 2.71. The van der Waals surface area contributed by atoms with Crippen LogP contribution in [-0.2, 0) is 21.1 Å². The molecular weight excluding hydrogens is 525 g/mol. The van der Waals surface area contributed by atoms with Gasteiger partial charge in [0.25, 0.3) is 0 Å². The average molecular weight is 554 g/mol. The molecule has 0 heterocycles. The summed E-state index contributed by atoms with van der Waals surface area (Å²) in [6, 6.07) is 16.8. The minimum absolute atomic E-state index is 0. The quantitative estimate of drug-likeness (QED) is 0.299. The Hall–Kier alpha value is -2.62. The molecule has 0 bridgehead atoms. The van der Waals surface area contributed by atoms with Crippen LogP contribution < -0.4 is 10.1 Å². The van der Waals surface area contributed by atoms with E-state index < -0.39 is 28.5 Å². The first kappa shape index (κ1) is 29.6. The van der Waals surface area contributed by atoms with E-state index in [1.165, 1.54) is 6.07 Å². The number of aliphatic hydroxyl groups excluding tert-OH is 1. The number of ether oxygens (including phenoxy) is 1. The Morgan fingerprint density at radius 2 is 1.78 bits per heavy atom. The molecule has 0 saturated carbocycles. The molecule has 0 radical (unpaired) electrons. The third-order valence-corrected chi connectivity index (χ3v) is 7.73. The highest BCUT2D eigenvalue weighted by Gasteiger charge is 2.23. The molecule has 0 aliphatic carbocycles. The lowest BCUT2D eigenvalue weighted by molar-refractivity contribution is -0.139. The summed E-state index contributed by atoms with van der Waals surface area (Å²) >= 11 is 5.96. The van der Waals surface area contributed by atoms with Crippen LogP contribution in [0, 0.1) is 13.8 Å². The van der Waals surface area contributed by atoms with Crippen molar-refractivity contribution in [1.82, 2.24) is 5.32 Å². The molecule has 0 spiro atoms. The number of nitrogens with one attached hydrogen (secondary N) is 1. The summed E-state index contributed by atoms with van der Waals surface area (Å²) in [7, 11) is -3.82. The van der Waals surface area contributed by atoms with Gasteiger partial charge in [0.05, 0.1) is 15.9 Å². The Morgan fingerprint density at radius 3 is 2.42 bits per heavy atom. The number of aliphatic hydroxyl groups is 1. The van der Waals surface area contributed by atoms with Crippen molar-refractivity contribution >= 4 is 39.8 Å². The molecule has 0 aromatic heterocycles. The molecule has 0 fully saturated rings. The van der Waals surface area contributed by atoms with Gasteiger partial charge in [-0.3, -0.25) is 0 Å². The van der Waals surface area contributed by atoms with Crippen LogP contribution >= 0.6 is 24.0 Å². The molecule has 0 aliphatic rings. The molecular formula is C26H29Cl2NO6S. The molecule has 0 aliphatic heterocycles. The Labute approximate surface area is 222 Å². The van der Waals surface area contributed by atoms with Crippen molar-refractivity contribution in [2.24, 2.45) is 0 Å². The van der Waals surface area contributed by atoms with E-state index in [0.29, 0.717) is 35.7 Å². The summed E-state index contributed by atoms with van der Waals surface area (Å²) in [4.78, 5) is 11.1. The van der Waals surface area contributed by atoms with Crippen LogP contribution in [0.1, 0.15) is 28.4 Å². The van der Waals surface area contributed by atoms with Crippen LogP contribution in [0.15, 0.2) is 70.5 Å². The number of rotatable bonds is 11. The highest BCUT2D eigenvalue weighted by atomic mass is 35.5. The van der Waals surface area contributed by atoms with Gasteiger partial charge in [0.2, 0.25) is 9.84 Å². The number of sulfone groups is 1. The van der Waals surface area contributed by atoms with Gasteiger partial charge >= 0.3 is 5.97 Å². The molecule has 3 rings (SSSR count). The second-order valence-corrected chi connectivity index (χ2v) is 10.5. The fraction of sp³-hybridized carbons (Fsp3) is 0.269. The van der Waals surface area contributed by atoms with E-state index in [0.717, 1.165) is 11.1 Å². The van der Waals surface area contributed by atoms with Crippen LogP contribution in [0.25, 0.3) is 0 Å². The smallest absolute Gasteiger partial charge is 0.341 e. The maximum Gasteiger partial charge on any atom is 0.341 e. The fourth-order valence-corrected chi connectivity index (χ4v) is 5.41. The van der Waals surface area contributed by atoms with E-state index in [-0.39, 0.29) is 27.9 Å². The van der Waals surface area contributed by atoms with Crippen molar-refractivity contribution in [1.29, 1.82) is 0 Å². The normalized spacial score (nSPS) is 12.0. The van der Waals surface area contributed by atoms with E-state index in [1.807, 2.05) is 6.07 Å². The zero-order valence-corrected chi connectivity index (χ0v) is 22.3. The van der Waals surface area contributed by atoms with E-state index in [1.54, 1.807) is 62.4 Å². The summed E-state index contributed by atoms with van der Waals surface area (Å²) in [6.07, 6.45) is -0.0254. The van der Waals surface area contributed by atoms with Gasteiger partial charge in [-0.1, -0.05) is 41.9 Å². The molecule has 36 heavy (non-hydrogen) atoms. The predicted octanol–water partition coefficient (Wildman–Crippen LogP) is 4.54. The summed E-state index contributed by atoms with van der Waals surface area (Å²) < 4.78 is 31.8. The van der Waals surface area contributed by atoms with Gasteiger partial charge in [-0.2, -0.15) is 0 Å². The third kappa shape index (κ3) is 7.44. The Bertz CT molecular complexity index is 1300. The highest BCUT2D eigenvalue weighted by Crippen LogP contribution is 2.32. The first-order valence-corrected chi connectivity index (χ1v) is 12.9. The molecule has 1 atom stereocenters. The SMILES string of the molecule is Cc1ccc(S(=O)(=O)c2ccc(CCNC[C@@H](O)c3cccc(Cl)c3)cc2)c(C)c1OCC(=O)O.Cl. The first-order chi connectivity index (χ1) is 16.6. The number of halogens is 2. The molecule has 3 N–H and O–H groups in total. The van der Waals surface area contributed by atoms with E-state index in [2.05, 4.69) is 5.32 Å². The first-order valence-electron chi connectivity index (χ1n) is 11.0. The lowest BCUT2D eigenvalue weighted by atomic mass is 10.1. The molecule has 0 saturated heterocycles. The number of aliphatic carboxylic acids is 1. The van der Waals surface area contributed by atoms with Gasteiger partial charge in [-0.05, 0) is 73.8 Å². The van der Waals surface area contributed by atoms with Crippen molar-refractivity contribution in [2.45, 2.75) is 36.2 Å². The monoisotopic (exact) mass is 553 g/mol. The van der Waals surface area contributed by atoms with E-state index in [9.17, 15) is 18.3 Å². The Balaban J connectivity index is 0.00000456. The van der Waals surface area contributed by atoms with Crippen LogP contribution in [0.2, 0.25) is 5.02 Å². The van der Waals surface area contributed by atoms with E-state index in [4.69, 9.17) is 21.4 Å². The zero-order chi connectivity index (χ0) is 25.6. The average Bonchev–Trinajstić information content (AvgIpc) is 2.81. The van der Waals surface area contributed by atoms with Crippen LogP contribution in [0.5, 0.6) is 5.75 Å². The van der Waals surface area contributed by atoms with Gasteiger partial charge in [-0.15, -0.1) is 12.4 Å². The molecule has 194 valence electrons. The topological polar surface area (TPSA) is 113 Å². The van der Waals surface area contributed by atoms with Crippen molar-refractivity contribution in [2.75, 3.05) is 19.7 Å². The number of hydrogen-bond donors (Lipinski definition) is 3. The van der Waals surface area contributed by atoms with Crippen LogP contribution in [0.3, 0.4) is 0 Å². The lowest BCUT2D eigenvalue weighted by Crippen LogP contribution is -2.23. The van der Waals surface area contributed by atoms with Crippen molar-refractivity contribution < 1.29 is 28.2 Å². The largest absolute Gasteiger partial charge is 0.481 e. The number of carboxylic acid groups (broad SMARTS) is 1. The van der Waals surface area contributed by atoms with Gasteiger partial charge in [0, 0.05) is 17.1 Å². The lowest BCUT2D eigenvalue weighted by Gasteiger charge is -2.15. The van der Waals surface area contributed by atoms with Gasteiger partial charge in [-0.25, -0.2) is 13.2 Å². The number of benzene rings is 3. The highest BCUT2D eigenvalue weighted by molar-refractivity contribution is 7.91. The molecule has 0 amide bonds. The third-order valence-electron chi connectivity index (χ3n) is 5.58. The second kappa shape index (κ2) is 13.1. The maximum atomic E-state index is 13.2. The zero-order valence-electron chi connectivity index (χ0n) is 19.9. The maximum absolute atomic E-state index is 13.2. The minimum Gasteiger partial charge on any atom is -0.481 e. The fourth-order valence-electron chi connectivity index (χ4n) is 3.72. The number of carbonyl (C=O) groups is 1. The van der Waals surface area contributed by atoms with Crippen molar-refractivity contribution in [3.05, 3.63) is 87.9 Å². The molecule has 0 unspecified atom stereocenters. The predicted molar refractivity (Wildman–Crippen MR) is 141 cm³/mol. The summed E-state index contributed by atoms with van der Waals surface area (Å²) in [5.74, 6) is -0.878. The second-order valence-electron chi connectivity index (χ2n) is 8.19. The van der Waals surface area contributed by atoms with Crippen molar-refractivity contribution in [3.63, 3.8) is 0 Å². The Kier molecular flexibility index (Phi) is 10.8. The molecule has 3 aromatic rings. The van der Waals surface area contributed by atoms with E-state index >= 15 is 0 Å².